The normalized spacial score (nSPS) is 19.2. The Kier molecular flexibility index (Phi) is 5.26. The average molecular weight is 309 g/mol. The quantitative estimate of drug-likeness (QED) is 0.913. The fraction of sp³-hybridized carbons (Fsp3) is 0.438. The Labute approximate surface area is 130 Å². The molecule has 0 spiro atoms. The molecule has 2 aromatic rings. The van der Waals surface area contributed by atoms with Gasteiger partial charge in [-0.1, -0.05) is 18.2 Å². The van der Waals surface area contributed by atoms with Crippen LogP contribution >= 0.6 is 12.4 Å². The van der Waals surface area contributed by atoms with Crippen LogP contribution in [0.1, 0.15) is 31.4 Å². The van der Waals surface area contributed by atoms with Crippen LogP contribution in [0.25, 0.3) is 11.0 Å². The Hall–Kier alpha value is -1.52. The first-order valence-corrected chi connectivity index (χ1v) is 7.23. The van der Waals surface area contributed by atoms with Crippen LogP contribution in [0.5, 0.6) is 0 Å². The van der Waals surface area contributed by atoms with Gasteiger partial charge in [0, 0.05) is 18.0 Å². The monoisotopic (exact) mass is 308 g/mol. The zero-order chi connectivity index (χ0) is 13.9. The average Bonchev–Trinajstić information content (AvgIpc) is 3.12. The third-order valence-corrected chi connectivity index (χ3v) is 3.95. The number of amides is 1. The van der Waals surface area contributed by atoms with Gasteiger partial charge in [-0.15, -0.1) is 12.4 Å². The van der Waals surface area contributed by atoms with E-state index in [1.807, 2.05) is 37.3 Å². The van der Waals surface area contributed by atoms with Crippen LogP contribution in [0.4, 0.5) is 0 Å². The molecule has 5 heteroatoms. The smallest absolute Gasteiger partial charge is 0.230 e. The maximum absolute atomic E-state index is 12.2. The highest BCUT2D eigenvalue weighted by atomic mass is 35.5. The molecule has 1 fully saturated rings. The molecule has 1 saturated heterocycles. The maximum atomic E-state index is 12.2. The summed E-state index contributed by atoms with van der Waals surface area (Å²) in [5.41, 5.74) is 0.833. The number of para-hydroxylation sites is 1. The van der Waals surface area contributed by atoms with E-state index in [0.717, 1.165) is 29.7 Å². The summed E-state index contributed by atoms with van der Waals surface area (Å²) in [6.45, 7) is 3.64. The predicted molar refractivity (Wildman–Crippen MR) is 85.9 cm³/mol. The second-order valence-corrected chi connectivity index (χ2v) is 5.45. The Bertz CT molecular complexity index is 572. The summed E-state index contributed by atoms with van der Waals surface area (Å²) in [5.74, 6) is 0.490. The van der Waals surface area contributed by atoms with Gasteiger partial charge in [0.1, 0.15) is 11.3 Å². The van der Waals surface area contributed by atoms with Crippen molar-refractivity contribution < 1.29 is 9.21 Å². The van der Waals surface area contributed by atoms with E-state index >= 15 is 0 Å². The van der Waals surface area contributed by atoms with Gasteiger partial charge in [-0.3, -0.25) is 4.79 Å². The minimum absolute atomic E-state index is 0. The molecule has 2 heterocycles. The zero-order valence-corrected chi connectivity index (χ0v) is 12.9. The number of halogens is 1. The second-order valence-electron chi connectivity index (χ2n) is 5.45. The van der Waals surface area contributed by atoms with Crippen molar-refractivity contribution in [2.45, 2.75) is 31.7 Å². The van der Waals surface area contributed by atoms with Crippen molar-refractivity contribution in [2.75, 3.05) is 13.1 Å². The summed E-state index contributed by atoms with van der Waals surface area (Å²) in [6, 6.07) is 10.2. The fourth-order valence-electron chi connectivity index (χ4n) is 2.65. The molecule has 1 aliphatic heterocycles. The van der Waals surface area contributed by atoms with E-state index in [0.29, 0.717) is 12.6 Å². The minimum atomic E-state index is -0.260. The lowest BCUT2D eigenvalue weighted by atomic mass is 10.1. The summed E-state index contributed by atoms with van der Waals surface area (Å²) in [7, 11) is 0. The number of fused-ring (bicyclic) bond motifs is 1. The van der Waals surface area contributed by atoms with Crippen molar-refractivity contribution in [1.29, 1.82) is 0 Å². The van der Waals surface area contributed by atoms with Crippen LogP contribution in [0.3, 0.4) is 0 Å². The third-order valence-electron chi connectivity index (χ3n) is 3.95. The highest BCUT2D eigenvalue weighted by Gasteiger charge is 2.21. The Balaban J connectivity index is 0.00000161. The largest absolute Gasteiger partial charge is 0.460 e. The van der Waals surface area contributed by atoms with Crippen LogP contribution in [0.15, 0.2) is 34.7 Å². The summed E-state index contributed by atoms with van der Waals surface area (Å²) in [4.78, 5) is 12.2. The first-order chi connectivity index (χ1) is 9.74. The summed E-state index contributed by atoms with van der Waals surface area (Å²) >= 11 is 0. The maximum Gasteiger partial charge on any atom is 0.230 e. The molecule has 1 amide bonds. The van der Waals surface area contributed by atoms with Gasteiger partial charge in [0.25, 0.3) is 0 Å². The number of hydrogen-bond acceptors (Lipinski definition) is 3. The molecular weight excluding hydrogens is 288 g/mol. The zero-order valence-electron chi connectivity index (χ0n) is 12.1. The number of benzene rings is 1. The van der Waals surface area contributed by atoms with Gasteiger partial charge in [0.05, 0.1) is 5.92 Å². The van der Waals surface area contributed by atoms with Gasteiger partial charge in [0.15, 0.2) is 0 Å². The summed E-state index contributed by atoms with van der Waals surface area (Å²) < 4.78 is 5.75. The number of hydrogen-bond donors (Lipinski definition) is 2. The molecule has 0 radical (unpaired) electrons. The van der Waals surface area contributed by atoms with Crippen LogP contribution in [0.2, 0.25) is 0 Å². The third kappa shape index (κ3) is 3.57. The number of carbonyl (C=O) groups is 1. The van der Waals surface area contributed by atoms with Crippen molar-refractivity contribution in [3.8, 4) is 0 Å². The van der Waals surface area contributed by atoms with E-state index in [1.165, 1.54) is 6.42 Å². The number of rotatable bonds is 4. The SMILES string of the molecule is CC(C(=O)NCC1CCCN1)c1cc2ccccc2o1.Cl. The number of nitrogens with one attached hydrogen (secondary N) is 2. The van der Waals surface area contributed by atoms with Gasteiger partial charge in [-0.05, 0) is 38.4 Å². The molecule has 0 bridgehead atoms. The van der Waals surface area contributed by atoms with E-state index in [9.17, 15) is 4.79 Å². The van der Waals surface area contributed by atoms with Crippen molar-refractivity contribution >= 4 is 29.3 Å². The molecule has 2 N–H and O–H groups in total. The molecule has 4 nitrogen and oxygen atoms in total. The van der Waals surface area contributed by atoms with Gasteiger partial charge in [-0.25, -0.2) is 0 Å². The molecule has 1 aliphatic rings. The first kappa shape index (κ1) is 15.9. The van der Waals surface area contributed by atoms with Gasteiger partial charge < -0.3 is 15.1 Å². The van der Waals surface area contributed by atoms with Gasteiger partial charge >= 0.3 is 0 Å². The molecule has 1 aromatic heterocycles. The van der Waals surface area contributed by atoms with Crippen LogP contribution < -0.4 is 10.6 Å². The molecule has 2 atom stereocenters. The molecule has 21 heavy (non-hydrogen) atoms. The minimum Gasteiger partial charge on any atom is -0.460 e. The lowest BCUT2D eigenvalue weighted by Crippen LogP contribution is -2.38. The summed E-state index contributed by atoms with van der Waals surface area (Å²) in [6.07, 6.45) is 2.33. The topological polar surface area (TPSA) is 54.3 Å². The van der Waals surface area contributed by atoms with E-state index < -0.39 is 0 Å². The van der Waals surface area contributed by atoms with E-state index in [4.69, 9.17) is 4.42 Å². The molecule has 0 saturated carbocycles. The van der Waals surface area contributed by atoms with Crippen molar-refractivity contribution in [3.63, 3.8) is 0 Å². The molecule has 114 valence electrons. The Morgan fingerprint density at radius 3 is 3.00 bits per heavy atom. The molecule has 2 unspecified atom stereocenters. The fourth-order valence-corrected chi connectivity index (χ4v) is 2.65. The predicted octanol–water partition coefficient (Wildman–Crippen LogP) is 2.83. The van der Waals surface area contributed by atoms with E-state index in [-0.39, 0.29) is 24.2 Å². The molecule has 0 aliphatic carbocycles. The second kappa shape index (κ2) is 6.96. The molecular formula is C16H21ClN2O2. The Morgan fingerprint density at radius 1 is 1.48 bits per heavy atom. The summed E-state index contributed by atoms with van der Waals surface area (Å²) in [5, 5.41) is 7.42. The number of carbonyl (C=O) groups excluding carboxylic acids is 1. The lowest BCUT2D eigenvalue weighted by molar-refractivity contribution is -0.122. The number of furan rings is 1. The lowest BCUT2D eigenvalue weighted by Gasteiger charge is -2.14. The van der Waals surface area contributed by atoms with Crippen molar-refractivity contribution in [3.05, 3.63) is 36.1 Å². The van der Waals surface area contributed by atoms with E-state index in [1.54, 1.807) is 0 Å². The molecule has 3 rings (SSSR count). The highest BCUT2D eigenvalue weighted by molar-refractivity contribution is 5.85. The highest BCUT2D eigenvalue weighted by Crippen LogP contribution is 2.24. The van der Waals surface area contributed by atoms with Crippen LogP contribution in [-0.2, 0) is 4.79 Å². The van der Waals surface area contributed by atoms with E-state index in [2.05, 4.69) is 10.6 Å². The van der Waals surface area contributed by atoms with Crippen molar-refractivity contribution in [1.82, 2.24) is 10.6 Å². The first-order valence-electron chi connectivity index (χ1n) is 7.23. The van der Waals surface area contributed by atoms with Crippen molar-refractivity contribution in [2.24, 2.45) is 0 Å². The Morgan fingerprint density at radius 2 is 2.29 bits per heavy atom. The molecule has 1 aromatic carbocycles. The van der Waals surface area contributed by atoms with Crippen LogP contribution in [-0.4, -0.2) is 25.0 Å². The van der Waals surface area contributed by atoms with Crippen LogP contribution in [0, 0.1) is 0 Å². The van der Waals surface area contributed by atoms with Gasteiger partial charge in [-0.2, -0.15) is 0 Å². The standard InChI is InChI=1S/C16H20N2O2.ClH/c1-11(16(19)18-10-13-6-4-8-17-13)15-9-12-5-2-3-7-14(12)20-15;/h2-3,5,7,9,11,13,17H,4,6,8,10H2,1H3,(H,18,19);1H. The van der Waals surface area contributed by atoms with Gasteiger partial charge in [0.2, 0.25) is 5.91 Å².